The molecule has 0 aliphatic rings. The van der Waals surface area contributed by atoms with Gasteiger partial charge >= 0.3 is 0 Å². The Labute approximate surface area is 115 Å². The molecule has 0 aliphatic heterocycles. The molecule has 1 aromatic heterocycles. The Morgan fingerprint density at radius 2 is 2.37 bits per heavy atom. The fourth-order valence-electron chi connectivity index (χ4n) is 1.81. The summed E-state index contributed by atoms with van der Waals surface area (Å²) in [5, 5.41) is 3.54. The maximum absolute atomic E-state index is 12.0. The lowest BCUT2D eigenvalue weighted by molar-refractivity contribution is 0.0959. The van der Waals surface area contributed by atoms with Crippen LogP contribution in [0.2, 0.25) is 0 Å². The van der Waals surface area contributed by atoms with Crippen LogP contribution in [-0.4, -0.2) is 19.6 Å². The average molecular weight is 274 g/mol. The van der Waals surface area contributed by atoms with Crippen molar-refractivity contribution in [3.8, 4) is 18.1 Å². The molecule has 0 aliphatic carbocycles. The van der Waals surface area contributed by atoms with Crippen LogP contribution in [0.25, 0.3) is 10.1 Å². The van der Waals surface area contributed by atoms with Gasteiger partial charge in [-0.3, -0.25) is 4.79 Å². The van der Waals surface area contributed by atoms with Gasteiger partial charge in [0.1, 0.15) is 10.6 Å². The highest BCUT2D eigenvalue weighted by atomic mass is 32.1. The average Bonchev–Trinajstić information content (AvgIpc) is 2.76. The molecule has 19 heavy (non-hydrogen) atoms. The Bertz CT molecular complexity index is 655. The molecule has 98 valence electrons. The number of carbonyl (C=O) groups excluding carboxylic acids is 1. The number of hydrogen-bond acceptors (Lipinski definition) is 4. The van der Waals surface area contributed by atoms with Crippen molar-refractivity contribution in [3.05, 3.63) is 23.1 Å². The number of methoxy groups -OCH3 is 1. The number of nitrogens with two attached hydrogens (primary N) is 1. The second kappa shape index (κ2) is 5.63. The van der Waals surface area contributed by atoms with E-state index >= 15 is 0 Å². The fourth-order valence-corrected chi connectivity index (χ4v) is 2.86. The molecule has 5 heteroatoms. The van der Waals surface area contributed by atoms with Gasteiger partial charge in [0.05, 0.1) is 18.2 Å². The second-order valence-corrected chi connectivity index (χ2v) is 4.94. The minimum atomic E-state index is -0.198. The number of nitrogens with one attached hydrogen (secondary N) is 1. The molecule has 3 N–H and O–H groups in total. The summed E-state index contributed by atoms with van der Waals surface area (Å²) in [6.07, 6.45) is 5.64. The third kappa shape index (κ3) is 2.49. The molecule has 0 fully saturated rings. The Kier molecular flexibility index (Phi) is 3.93. The summed E-state index contributed by atoms with van der Waals surface area (Å²) in [7, 11) is 1.58. The van der Waals surface area contributed by atoms with Crippen molar-refractivity contribution in [1.29, 1.82) is 0 Å². The first-order chi connectivity index (χ1) is 9.19. The molecular weight excluding hydrogens is 260 g/mol. The number of anilines is 1. The molecule has 0 atom stereocenters. The fraction of sp³-hybridized carbons (Fsp3) is 0.214. The van der Waals surface area contributed by atoms with Crippen LogP contribution in [-0.2, 0) is 0 Å². The van der Waals surface area contributed by atoms with E-state index in [0.29, 0.717) is 29.3 Å². The molecule has 1 heterocycles. The van der Waals surface area contributed by atoms with Crippen molar-refractivity contribution >= 4 is 33.0 Å². The number of nitrogen functional groups attached to an aromatic ring is 1. The number of ether oxygens (including phenoxy) is 1. The van der Waals surface area contributed by atoms with Crippen molar-refractivity contribution in [2.24, 2.45) is 0 Å². The Morgan fingerprint density at radius 1 is 1.58 bits per heavy atom. The lowest BCUT2D eigenvalue weighted by Crippen LogP contribution is -2.23. The third-order valence-electron chi connectivity index (χ3n) is 2.70. The topological polar surface area (TPSA) is 64.3 Å². The number of terminal acetylenes is 1. The van der Waals surface area contributed by atoms with E-state index in [1.807, 2.05) is 18.2 Å². The molecule has 0 unspecified atom stereocenters. The molecule has 0 bridgehead atoms. The molecule has 0 saturated carbocycles. The van der Waals surface area contributed by atoms with Gasteiger partial charge in [-0.1, -0.05) is 6.07 Å². The lowest BCUT2D eigenvalue weighted by Gasteiger charge is -2.03. The van der Waals surface area contributed by atoms with Gasteiger partial charge in [-0.25, -0.2) is 0 Å². The van der Waals surface area contributed by atoms with Gasteiger partial charge in [0.2, 0.25) is 0 Å². The Balaban J connectivity index is 2.37. The van der Waals surface area contributed by atoms with E-state index in [1.54, 1.807) is 7.11 Å². The molecule has 1 amide bonds. The molecule has 2 aromatic rings. The van der Waals surface area contributed by atoms with E-state index in [4.69, 9.17) is 16.9 Å². The highest BCUT2D eigenvalue weighted by Crippen LogP contribution is 2.39. The third-order valence-corrected chi connectivity index (χ3v) is 3.86. The van der Waals surface area contributed by atoms with Gasteiger partial charge < -0.3 is 15.8 Å². The summed E-state index contributed by atoms with van der Waals surface area (Å²) in [6.45, 7) is 0.445. The molecule has 0 radical (unpaired) electrons. The Morgan fingerprint density at radius 3 is 3.05 bits per heavy atom. The highest BCUT2D eigenvalue weighted by Gasteiger charge is 2.18. The highest BCUT2D eigenvalue weighted by molar-refractivity contribution is 7.21. The number of hydrogen-bond donors (Lipinski definition) is 2. The number of rotatable bonds is 4. The van der Waals surface area contributed by atoms with Gasteiger partial charge in [-0.15, -0.1) is 23.7 Å². The minimum Gasteiger partial charge on any atom is -0.496 e. The van der Waals surface area contributed by atoms with Crippen molar-refractivity contribution in [1.82, 2.24) is 5.32 Å². The lowest BCUT2D eigenvalue weighted by atomic mass is 10.2. The second-order valence-electron chi connectivity index (χ2n) is 3.89. The zero-order valence-electron chi connectivity index (χ0n) is 10.5. The molecule has 2 rings (SSSR count). The van der Waals surface area contributed by atoms with E-state index in [1.165, 1.54) is 11.3 Å². The van der Waals surface area contributed by atoms with E-state index < -0.39 is 0 Å². The first kappa shape index (κ1) is 13.2. The van der Waals surface area contributed by atoms with Crippen LogP contribution in [0.1, 0.15) is 16.1 Å². The van der Waals surface area contributed by atoms with Crippen LogP contribution in [0.5, 0.6) is 5.75 Å². The number of fused-ring (bicyclic) bond motifs is 1. The SMILES string of the molecule is C#CCCNC(=O)c1sc2cccc(OC)c2c1N. The van der Waals surface area contributed by atoms with E-state index in [-0.39, 0.29) is 5.91 Å². The van der Waals surface area contributed by atoms with Crippen molar-refractivity contribution in [2.75, 3.05) is 19.4 Å². The zero-order chi connectivity index (χ0) is 13.8. The molecule has 4 nitrogen and oxygen atoms in total. The molecule has 0 spiro atoms. The standard InChI is InChI=1S/C14H14N2O2S/c1-3-4-8-16-14(17)13-12(15)11-9(18-2)6-5-7-10(11)19-13/h1,5-7H,4,8,15H2,2H3,(H,16,17). The number of thiophene rings is 1. The van der Waals surface area contributed by atoms with Crippen LogP contribution in [0.4, 0.5) is 5.69 Å². The smallest absolute Gasteiger partial charge is 0.263 e. The van der Waals surface area contributed by atoms with Gasteiger partial charge in [0.15, 0.2) is 0 Å². The van der Waals surface area contributed by atoms with Gasteiger partial charge in [-0.2, -0.15) is 0 Å². The number of amides is 1. The van der Waals surface area contributed by atoms with Gasteiger partial charge in [0, 0.05) is 17.7 Å². The monoisotopic (exact) mass is 274 g/mol. The van der Waals surface area contributed by atoms with Crippen LogP contribution in [0, 0.1) is 12.3 Å². The van der Waals surface area contributed by atoms with Crippen LogP contribution >= 0.6 is 11.3 Å². The summed E-state index contributed by atoms with van der Waals surface area (Å²) >= 11 is 1.35. The van der Waals surface area contributed by atoms with E-state index in [2.05, 4.69) is 11.2 Å². The summed E-state index contributed by atoms with van der Waals surface area (Å²) in [4.78, 5) is 12.5. The first-order valence-electron chi connectivity index (χ1n) is 5.75. The maximum Gasteiger partial charge on any atom is 0.263 e. The van der Waals surface area contributed by atoms with Crippen molar-refractivity contribution in [2.45, 2.75) is 6.42 Å². The maximum atomic E-state index is 12.0. The normalized spacial score (nSPS) is 10.1. The number of carbonyl (C=O) groups is 1. The predicted molar refractivity (Wildman–Crippen MR) is 78.6 cm³/mol. The summed E-state index contributed by atoms with van der Waals surface area (Å²) in [5.74, 6) is 2.95. The molecular formula is C14H14N2O2S. The van der Waals surface area contributed by atoms with Crippen LogP contribution < -0.4 is 15.8 Å². The van der Waals surface area contributed by atoms with Crippen LogP contribution in [0.3, 0.4) is 0 Å². The van der Waals surface area contributed by atoms with Crippen LogP contribution in [0.15, 0.2) is 18.2 Å². The zero-order valence-corrected chi connectivity index (χ0v) is 11.3. The molecule has 0 saturated heterocycles. The van der Waals surface area contributed by atoms with Crippen molar-refractivity contribution in [3.63, 3.8) is 0 Å². The van der Waals surface area contributed by atoms with E-state index in [0.717, 1.165) is 10.1 Å². The van der Waals surface area contributed by atoms with Gasteiger partial charge in [-0.05, 0) is 12.1 Å². The van der Waals surface area contributed by atoms with E-state index in [9.17, 15) is 4.79 Å². The summed E-state index contributed by atoms with van der Waals surface area (Å²) in [5.41, 5.74) is 6.50. The van der Waals surface area contributed by atoms with Crippen molar-refractivity contribution < 1.29 is 9.53 Å². The minimum absolute atomic E-state index is 0.198. The largest absolute Gasteiger partial charge is 0.496 e. The predicted octanol–water partition coefficient (Wildman–Crippen LogP) is 2.25. The quantitative estimate of drug-likeness (QED) is 0.664. The Hall–Kier alpha value is -2.19. The number of benzene rings is 1. The summed E-state index contributed by atoms with van der Waals surface area (Å²) in [6, 6.07) is 5.61. The first-order valence-corrected chi connectivity index (χ1v) is 6.57. The molecule has 1 aromatic carbocycles. The summed E-state index contributed by atoms with van der Waals surface area (Å²) < 4.78 is 6.20. The van der Waals surface area contributed by atoms with Gasteiger partial charge in [0.25, 0.3) is 5.91 Å².